The summed E-state index contributed by atoms with van der Waals surface area (Å²) in [5.74, 6) is -0.302. The van der Waals surface area contributed by atoms with Gasteiger partial charge in [-0.05, 0) is 37.5 Å². The molecule has 0 bridgehead atoms. The van der Waals surface area contributed by atoms with Crippen LogP contribution in [-0.4, -0.2) is 31.9 Å². The summed E-state index contributed by atoms with van der Waals surface area (Å²) in [5, 5.41) is 11.8. The van der Waals surface area contributed by atoms with Crippen molar-refractivity contribution in [1.82, 2.24) is 14.5 Å². The molecule has 2 aromatic heterocycles. The molecule has 9 heteroatoms. The maximum Gasteiger partial charge on any atom is 0.270 e. The van der Waals surface area contributed by atoms with Crippen molar-refractivity contribution in [2.75, 3.05) is 11.4 Å². The van der Waals surface area contributed by atoms with Crippen molar-refractivity contribution in [2.24, 2.45) is 0 Å². The number of hydrogen-bond donors (Lipinski definition) is 0. The minimum atomic E-state index is -0.495. The Morgan fingerprint density at radius 2 is 2.03 bits per heavy atom. The molecule has 0 saturated carbocycles. The predicted octanol–water partition coefficient (Wildman–Crippen LogP) is 4.75. The van der Waals surface area contributed by atoms with E-state index in [0.717, 1.165) is 21.3 Å². The van der Waals surface area contributed by atoms with Crippen LogP contribution in [0.25, 0.3) is 10.2 Å². The van der Waals surface area contributed by atoms with E-state index in [1.165, 1.54) is 29.5 Å². The van der Waals surface area contributed by atoms with Crippen molar-refractivity contribution < 1.29 is 9.72 Å². The first kappa shape index (κ1) is 20.7. The third-order valence-corrected chi connectivity index (χ3v) is 6.28. The number of benzene rings is 2. The molecule has 0 aliphatic carbocycles. The molecule has 0 unspecified atom stereocenters. The molecule has 4 rings (SSSR count). The number of aromatic nitrogens is 3. The van der Waals surface area contributed by atoms with Crippen LogP contribution in [0.15, 0.2) is 55.1 Å². The molecular weight excluding hydrogens is 414 g/mol. The lowest BCUT2D eigenvalue weighted by Crippen LogP contribution is -2.32. The van der Waals surface area contributed by atoms with Crippen molar-refractivity contribution in [3.63, 3.8) is 0 Å². The Balaban J connectivity index is 1.69. The Morgan fingerprint density at radius 3 is 2.74 bits per heavy atom. The van der Waals surface area contributed by atoms with Crippen molar-refractivity contribution in [2.45, 2.75) is 26.8 Å². The van der Waals surface area contributed by atoms with Crippen molar-refractivity contribution in [3.8, 4) is 0 Å². The Hall–Kier alpha value is -3.59. The van der Waals surface area contributed by atoms with E-state index in [1.54, 1.807) is 23.5 Å². The van der Waals surface area contributed by atoms with Crippen LogP contribution in [0, 0.1) is 24.0 Å². The number of imidazole rings is 1. The van der Waals surface area contributed by atoms with Crippen LogP contribution in [0.5, 0.6) is 0 Å². The number of nitrogens with zero attached hydrogens (tertiary/aromatic N) is 5. The molecule has 31 heavy (non-hydrogen) atoms. The molecule has 2 heterocycles. The fourth-order valence-electron chi connectivity index (χ4n) is 3.39. The number of thiazole rings is 1. The number of rotatable bonds is 7. The van der Waals surface area contributed by atoms with Crippen LogP contribution < -0.4 is 4.90 Å². The van der Waals surface area contributed by atoms with Gasteiger partial charge in [-0.15, -0.1) is 0 Å². The average molecular weight is 436 g/mol. The second-order valence-corrected chi connectivity index (χ2v) is 8.27. The number of aryl methyl sites for hydroxylation is 3. The first-order valence-corrected chi connectivity index (χ1v) is 10.6. The monoisotopic (exact) mass is 435 g/mol. The van der Waals surface area contributed by atoms with Crippen LogP contribution in [0.4, 0.5) is 10.8 Å². The molecule has 0 spiro atoms. The number of non-ortho nitro benzene ring substituents is 1. The zero-order valence-electron chi connectivity index (χ0n) is 17.2. The average Bonchev–Trinajstić information content (AvgIpc) is 3.44. The van der Waals surface area contributed by atoms with Gasteiger partial charge in [-0.2, -0.15) is 0 Å². The molecule has 0 radical (unpaired) electrons. The van der Waals surface area contributed by atoms with Gasteiger partial charge < -0.3 is 4.57 Å². The smallest absolute Gasteiger partial charge is 0.270 e. The van der Waals surface area contributed by atoms with Crippen LogP contribution in [-0.2, 0) is 6.54 Å². The number of hydrogen-bond acceptors (Lipinski definition) is 6. The first-order valence-electron chi connectivity index (χ1n) is 9.83. The van der Waals surface area contributed by atoms with Crippen molar-refractivity contribution in [1.29, 1.82) is 0 Å². The van der Waals surface area contributed by atoms with E-state index < -0.39 is 4.92 Å². The molecule has 0 aliphatic heterocycles. The third kappa shape index (κ3) is 4.31. The van der Waals surface area contributed by atoms with E-state index in [9.17, 15) is 14.9 Å². The lowest BCUT2D eigenvalue weighted by atomic mass is 10.1. The molecule has 8 nitrogen and oxygen atoms in total. The zero-order chi connectivity index (χ0) is 22.0. The maximum atomic E-state index is 13.4. The van der Waals surface area contributed by atoms with Gasteiger partial charge in [0.1, 0.15) is 0 Å². The Labute approximate surface area is 182 Å². The van der Waals surface area contributed by atoms with Gasteiger partial charge in [0.2, 0.25) is 0 Å². The van der Waals surface area contributed by atoms with E-state index in [1.807, 2.05) is 36.7 Å². The molecule has 0 saturated heterocycles. The van der Waals surface area contributed by atoms with E-state index in [4.69, 9.17) is 4.98 Å². The van der Waals surface area contributed by atoms with E-state index in [2.05, 4.69) is 4.98 Å². The number of nitro groups is 1. The Kier molecular flexibility index (Phi) is 5.77. The van der Waals surface area contributed by atoms with E-state index >= 15 is 0 Å². The molecule has 0 N–H and O–H groups in total. The molecule has 158 valence electrons. The molecule has 0 aliphatic rings. The highest BCUT2D eigenvalue weighted by molar-refractivity contribution is 7.22. The Morgan fingerprint density at radius 1 is 1.23 bits per heavy atom. The van der Waals surface area contributed by atoms with E-state index in [-0.39, 0.29) is 17.2 Å². The van der Waals surface area contributed by atoms with Gasteiger partial charge in [0.15, 0.2) is 5.13 Å². The normalized spacial score (nSPS) is 11.0. The van der Waals surface area contributed by atoms with Gasteiger partial charge in [-0.3, -0.25) is 19.8 Å². The predicted molar refractivity (Wildman–Crippen MR) is 121 cm³/mol. The highest BCUT2D eigenvalue weighted by atomic mass is 32.1. The fourth-order valence-corrected chi connectivity index (χ4v) is 4.52. The summed E-state index contributed by atoms with van der Waals surface area (Å²) in [7, 11) is 0. The summed E-state index contributed by atoms with van der Waals surface area (Å²) >= 11 is 1.47. The molecule has 1 amide bonds. The highest BCUT2D eigenvalue weighted by Gasteiger charge is 2.23. The molecule has 0 atom stereocenters. The summed E-state index contributed by atoms with van der Waals surface area (Å²) in [6, 6.07) is 9.89. The minimum absolute atomic E-state index is 0.111. The second kappa shape index (κ2) is 8.65. The number of fused-ring (bicyclic) bond motifs is 1. The SMILES string of the molecule is Cc1ccc(C)c2sc(N(CCCn3ccnc3)C(=O)c3cccc([N+](=O)[O-])c3)nc12. The minimum Gasteiger partial charge on any atom is -0.337 e. The summed E-state index contributed by atoms with van der Waals surface area (Å²) in [6.07, 6.45) is 6.00. The topological polar surface area (TPSA) is 94.2 Å². The molecule has 4 aromatic rings. The molecule has 2 aromatic carbocycles. The van der Waals surface area contributed by atoms with Gasteiger partial charge in [-0.25, -0.2) is 9.97 Å². The fraction of sp³-hybridized carbons (Fsp3) is 0.227. The number of carbonyl (C=O) groups is 1. The number of anilines is 1. The second-order valence-electron chi connectivity index (χ2n) is 7.29. The Bertz CT molecular complexity index is 1210. The van der Waals surface area contributed by atoms with E-state index in [0.29, 0.717) is 24.6 Å². The van der Waals surface area contributed by atoms with Gasteiger partial charge in [0.05, 0.1) is 21.5 Å². The zero-order valence-corrected chi connectivity index (χ0v) is 18.0. The largest absolute Gasteiger partial charge is 0.337 e. The van der Waals surface area contributed by atoms with Gasteiger partial charge >= 0.3 is 0 Å². The van der Waals surface area contributed by atoms with Crippen molar-refractivity contribution in [3.05, 3.63) is 81.9 Å². The van der Waals surface area contributed by atoms with Crippen LogP contribution in [0.2, 0.25) is 0 Å². The van der Waals surface area contributed by atoms with Crippen LogP contribution in [0.3, 0.4) is 0 Å². The van der Waals surface area contributed by atoms with Crippen molar-refractivity contribution >= 4 is 38.3 Å². The molecule has 0 fully saturated rings. The lowest BCUT2D eigenvalue weighted by molar-refractivity contribution is -0.384. The summed E-state index contributed by atoms with van der Waals surface area (Å²) < 4.78 is 2.99. The standard InChI is InChI=1S/C22H21N5O3S/c1-15-7-8-16(2)20-19(15)24-22(31-20)26(11-4-10-25-12-9-23-14-25)21(28)17-5-3-6-18(13-17)27(29)30/h3,5-9,12-14H,4,10-11H2,1-2H3. The summed E-state index contributed by atoms with van der Waals surface area (Å²) in [6.45, 7) is 5.14. The first-order chi connectivity index (χ1) is 14.9. The van der Waals surface area contributed by atoms with Crippen LogP contribution >= 0.6 is 11.3 Å². The van der Waals surface area contributed by atoms with Crippen LogP contribution in [0.1, 0.15) is 27.9 Å². The summed E-state index contributed by atoms with van der Waals surface area (Å²) in [5.41, 5.74) is 3.19. The molecular formula is C22H21N5O3S. The number of nitro benzene ring substituents is 1. The number of amides is 1. The van der Waals surface area contributed by atoms with Gasteiger partial charge in [-0.1, -0.05) is 29.5 Å². The third-order valence-electron chi connectivity index (χ3n) is 5.07. The quantitative estimate of drug-likeness (QED) is 0.308. The highest BCUT2D eigenvalue weighted by Crippen LogP contribution is 2.34. The number of carbonyl (C=O) groups excluding carboxylic acids is 1. The lowest BCUT2D eigenvalue weighted by Gasteiger charge is -2.20. The van der Waals surface area contributed by atoms with Gasteiger partial charge in [0, 0.05) is 43.2 Å². The maximum absolute atomic E-state index is 13.4. The van der Waals surface area contributed by atoms with Gasteiger partial charge in [0.25, 0.3) is 11.6 Å². The summed E-state index contributed by atoms with van der Waals surface area (Å²) in [4.78, 5) is 34.5.